The molecular formula is C18H15NOS. The van der Waals surface area contributed by atoms with Crippen LogP contribution in [-0.4, -0.2) is 10.8 Å². The van der Waals surface area contributed by atoms with Crippen LogP contribution in [0.25, 0.3) is 10.9 Å². The van der Waals surface area contributed by atoms with E-state index in [4.69, 9.17) is 0 Å². The molecular weight excluding hydrogens is 278 g/mol. The number of fused-ring (bicyclic) bond motifs is 2. The summed E-state index contributed by atoms with van der Waals surface area (Å²) in [6, 6.07) is 11.8. The fourth-order valence-corrected chi connectivity index (χ4v) is 4.18. The first-order valence-electron chi connectivity index (χ1n) is 7.32. The summed E-state index contributed by atoms with van der Waals surface area (Å²) in [6.45, 7) is 0. The van der Waals surface area contributed by atoms with Crippen LogP contribution in [-0.2, 0) is 12.8 Å². The van der Waals surface area contributed by atoms with Crippen molar-refractivity contribution >= 4 is 28.0 Å². The van der Waals surface area contributed by atoms with Gasteiger partial charge in [-0.2, -0.15) is 0 Å². The summed E-state index contributed by atoms with van der Waals surface area (Å²) in [6.07, 6.45) is 6.54. The van der Waals surface area contributed by atoms with E-state index in [0.717, 1.165) is 34.2 Å². The molecule has 3 heteroatoms. The number of ketones is 1. The lowest BCUT2D eigenvalue weighted by Crippen LogP contribution is -1.98. The van der Waals surface area contributed by atoms with E-state index in [0.29, 0.717) is 0 Å². The Morgan fingerprint density at radius 1 is 1.10 bits per heavy atom. The predicted molar refractivity (Wildman–Crippen MR) is 86.1 cm³/mol. The lowest BCUT2D eigenvalue weighted by Gasteiger charge is -2.08. The average molecular weight is 293 g/mol. The van der Waals surface area contributed by atoms with Crippen LogP contribution >= 0.6 is 11.3 Å². The Bertz CT molecular complexity index is 811. The second-order valence-electron chi connectivity index (χ2n) is 5.51. The van der Waals surface area contributed by atoms with Crippen LogP contribution in [0, 0.1) is 0 Å². The summed E-state index contributed by atoms with van der Waals surface area (Å²) >= 11 is 1.68. The highest BCUT2D eigenvalue weighted by Crippen LogP contribution is 2.31. The number of carbonyl (C=O) groups is 1. The molecule has 0 aliphatic heterocycles. The minimum absolute atomic E-state index is 0.139. The zero-order valence-electron chi connectivity index (χ0n) is 11.6. The zero-order chi connectivity index (χ0) is 14.2. The molecule has 3 aromatic rings. The van der Waals surface area contributed by atoms with Gasteiger partial charge in [0.2, 0.25) is 5.78 Å². The van der Waals surface area contributed by atoms with Gasteiger partial charge in [0, 0.05) is 22.0 Å². The lowest BCUT2D eigenvalue weighted by atomic mass is 9.98. The van der Waals surface area contributed by atoms with Crippen LogP contribution in [0.1, 0.15) is 38.5 Å². The second-order valence-corrected chi connectivity index (χ2v) is 6.64. The van der Waals surface area contributed by atoms with E-state index >= 15 is 0 Å². The van der Waals surface area contributed by atoms with Gasteiger partial charge in [-0.1, -0.05) is 6.07 Å². The molecule has 1 aliphatic carbocycles. The van der Waals surface area contributed by atoms with Crippen LogP contribution < -0.4 is 0 Å². The number of carbonyl (C=O) groups excluding carboxylic acids is 1. The van der Waals surface area contributed by atoms with E-state index < -0.39 is 0 Å². The number of aromatic nitrogens is 1. The van der Waals surface area contributed by atoms with Gasteiger partial charge in [0.25, 0.3) is 0 Å². The van der Waals surface area contributed by atoms with Crippen LogP contribution in [0.5, 0.6) is 0 Å². The average Bonchev–Trinajstić information content (AvgIpc) is 2.97. The largest absolute Gasteiger partial charge is 0.288 e. The highest BCUT2D eigenvalue weighted by atomic mass is 32.1. The number of nitrogens with zero attached hydrogens (tertiary/aromatic N) is 1. The van der Waals surface area contributed by atoms with Gasteiger partial charge in [-0.25, -0.2) is 0 Å². The number of thiophene rings is 1. The van der Waals surface area contributed by atoms with Crippen LogP contribution in [0.2, 0.25) is 0 Å². The third kappa shape index (κ3) is 2.28. The molecule has 4 rings (SSSR count). The van der Waals surface area contributed by atoms with Gasteiger partial charge in [0.15, 0.2) is 0 Å². The van der Waals surface area contributed by atoms with Crippen LogP contribution in [0.15, 0.2) is 42.6 Å². The highest BCUT2D eigenvalue weighted by molar-refractivity contribution is 7.14. The summed E-state index contributed by atoms with van der Waals surface area (Å²) in [7, 11) is 0. The van der Waals surface area contributed by atoms with Gasteiger partial charge >= 0.3 is 0 Å². The number of benzene rings is 1. The van der Waals surface area contributed by atoms with Crippen molar-refractivity contribution in [3.8, 4) is 0 Å². The number of hydrogen-bond donors (Lipinski definition) is 0. The first-order valence-corrected chi connectivity index (χ1v) is 8.14. The molecule has 0 bridgehead atoms. The van der Waals surface area contributed by atoms with Gasteiger partial charge in [-0.15, -0.1) is 11.3 Å². The van der Waals surface area contributed by atoms with Gasteiger partial charge in [-0.05, 0) is 61.6 Å². The van der Waals surface area contributed by atoms with Gasteiger partial charge in [0.1, 0.15) is 0 Å². The number of rotatable bonds is 2. The molecule has 1 aliphatic rings. The van der Waals surface area contributed by atoms with Gasteiger partial charge in [-0.3, -0.25) is 9.78 Å². The van der Waals surface area contributed by atoms with Crippen molar-refractivity contribution < 1.29 is 4.79 Å². The minimum Gasteiger partial charge on any atom is -0.288 e. The normalized spacial score (nSPS) is 14.1. The number of aryl methyl sites for hydroxylation is 2. The molecule has 2 aromatic heterocycles. The molecule has 0 atom stereocenters. The molecule has 2 heterocycles. The Hall–Kier alpha value is -2.00. The maximum atomic E-state index is 12.7. The molecule has 2 nitrogen and oxygen atoms in total. The first-order chi connectivity index (χ1) is 10.3. The van der Waals surface area contributed by atoms with Crippen molar-refractivity contribution in [2.24, 2.45) is 0 Å². The third-order valence-corrected chi connectivity index (χ3v) is 5.32. The Kier molecular flexibility index (Phi) is 3.08. The second kappa shape index (κ2) is 5.08. The van der Waals surface area contributed by atoms with Crippen LogP contribution in [0.3, 0.4) is 0 Å². The van der Waals surface area contributed by atoms with Crippen molar-refractivity contribution in [3.05, 3.63) is 63.5 Å². The molecule has 0 fully saturated rings. The van der Waals surface area contributed by atoms with Crippen LogP contribution in [0.4, 0.5) is 0 Å². The Balaban J connectivity index is 1.73. The summed E-state index contributed by atoms with van der Waals surface area (Å²) < 4.78 is 0. The summed E-state index contributed by atoms with van der Waals surface area (Å²) in [5, 5.41) is 1.02. The topological polar surface area (TPSA) is 30.0 Å². The molecule has 0 N–H and O–H groups in total. The van der Waals surface area contributed by atoms with Crippen molar-refractivity contribution in [2.45, 2.75) is 25.7 Å². The van der Waals surface area contributed by atoms with E-state index in [1.807, 2.05) is 30.3 Å². The molecule has 1 aromatic carbocycles. The highest BCUT2D eigenvalue weighted by Gasteiger charge is 2.18. The maximum Gasteiger partial charge on any atom is 0.202 e. The van der Waals surface area contributed by atoms with Gasteiger partial charge in [0.05, 0.1) is 10.4 Å². The monoisotopic (exact) mass is 293 g/mol. The minimum atomic E-state index is 0.139. The summed E-state index contributed by atoms with van der Waals surface area (Å²) in [5.74, 6) is 0.139. The summed E-state index contributed by atoms with van der Waals surface area (Å²) in [5.41, 5.74) is 3.07. The molecule has 0 unspecified atom stereocenters. The Morgan fingerprint density at radius 2 is 2.00 bits per heavy atom. The molecule has 0 saturated heterocycles. The molecule has 0 radical (unpaired) electrons. The fourth-order valence-electron chi connectivity index (χ4n) is 2.96. The summed E-state index contributed by atoms with van der Waals surface area (Å²) in [4.78, 5) is 19.3. The third-order valence-electron chi connectivity index (χ3n) is 4.09. The first kappa shape index (κ1) is 12.7. The molecule has 0 spiro atoms. The van der Waals surface area contributed by atoms with Crippen molar-refractivity contribution in [1.29, 1.82) is 0 Å². The predicted octanol–water partition coefficient (Wildman–Crippen LogP) is 4.41. The van der Waals surface area contributed by atoms with E-state index in [9.17, 15) is 4.79 Å². The Labute approximate surface area is 127 Å². The molecule has 21 heavy (non-hydrogen) atoms. The molecule has 0 saturated carbocycles. The van der Waals surface area contributed by atoms with E-state index in [1.54, 1.807) is 17.5 Å². The standard InChI is InChI=1S/C18H15NOS/c20-18(17-11-13-4-1-2-6-16(13)21-17)14-7-8-15-12(10-14)5-3-9-19-15/h3,5,7-11H,1-2,4,6H2. The molecule has 0 amide bonds. The zero-order valence-corrected chi connectivity index (χ0v) is 12.5. The van der Waals surface area contributed by atoms with Crippen molar-refractivity contribution in [2.75, 3.05) is 0 Å². The maximum absolute atomic E-state index is 12.7. The Morgan fingerprint density at radius 3 is 2.90 bits per heavy atom. The SMILES string of the molecule is O=C(c1ccc2ncccc2c1)c1cc2c(s1)CCCC2. The quantitative estimate of drug-likeness (QED) is 0.655. The number of pyridine rings is 1. The lowest BCUT2D eigenvalue weighted by molar-refractivity contribution is 0.104. The van der Waals surface area contributed by atoms with Crippen molar-refractivity contribution in [1.82, 2.24) is 4.98 Å². The van der Waals surface area contributed by atoms with E-state index in [-0.39, 0.29) is 5.78 Å². The fraction of sp³-hybridized carbons (Fsp3) is 0.222. The number of hydrogen-bond acceptors (Lipinski definition) is 3. The van der Waals surface area contributed by atoms with Gasteiger partial charge < -0.3 is 0 Å². The smallest absolute Gasteiger partial charge is 0.202 e. The van der Waals surface area contributed by atoms with E-state index in [2.05, 4.69) is 11.1 Å². The molecule has 104 valence electrons. The van der Waals surface area contributed by atoms with Crippen molar-refractivity contribution in [3.63, 3.8) is 0 Å². The van der Waals surface area contributed by atoms with E-state index in [1.165, 1.54) is 23.3 Å².